The molecule has 2 unspecified atom stereocenters. The number of carbonyl (C=O) groups excluding carboxylic acids is 1. The van der Waals surface area contributed by atoms with E-state index in [1.165, 1.54) is 6.07 Å². The minimum atomic E-state index is -0.871. The fraction of sp³-hybridized carbons (Fsp3) is 0.561. The number of hydrogen-bond donors (Lipinski definition) is 1. The van der Waals surface area contributed by atoms with Crippen LogP contribution in [0, 0.1) is 5.82 Å². The topological polar surface area (TPSA) is 112 Å². The number of likely N-dealkylation sites (tertiary alicyclic amines) is 1. The number of ether oxygens (including phenoxy) is 2. The van der Waals surface area contributed by atoms with Crippen LogP contribution in [0.25, 0.3) is 10.8 Å². The number of carbonyl (C=O) groups is 1. The third kappa shape index (κ3) is 6.16. The predicted molar refractivity (Wildman–Crippen MR) is 202 cm³/mol. The van der Waals surface area contributed by atoms with Crippen molar-refractivity contribution in [3.8, 4) is 11.8 Å². The number of amides is 1. The summed E-state index contributed by atoms with van der Waals surface area (Å²) in [4.78, 5) is 32.4. The molecular formula is C41H48F2N8O4. The molecule has 0 saturated carbocycles. The highest BCUT2D eigenvalue weighted by molar-refractivity contribution is 5.98. The summed E-state index contributed by atoms with van der Waals surface area (Å²) in [5.41, 5.74) is 4.27. The van der Waals surface area contributed by atoms with Crippen LogP contribution >= 0.6 is 0 Å². The summed E-state index contributed by atoms with van der Waals surface area (Å²) in [6, 6.07) is 8.80. The number of aromatic nitrogens is 4. The molecule has 1 N–H and O–H groups in total. The number of anilines is 2. The summed E-state index contributed by atoms with van der Waals surface area (Å²) < 4.78 is 44.3. The van der Waals surface area contributed by atoms with Gasteiger partial charge in [0.15, 0.2) is 5.69 Å². The van der Waals surface area contributed by atoms with Crippen molar-refractivity contribution in [2.45, 2.75) is 102 Å². The number of benzene rings is 2. The van der Waals surface area contributed by atoms with Gasteiger partial charge in [-0.3, -0.25) is 14.4 Å². The van der Waals surface area contributed by atoms with E-state index in [2.05, 4.69) is 14.7 Å². The maximum absolute atomic E-state index is 15.2. The highest BCUT2D eigenvalue weighted by atomic mass is 19.1. The number of nitrogens with zero attached hydrogens (tertiary/aromatic N) is 8. The fourth-order valence-corrected chi connectivity index (χ4v) is 10.3. The van der Waals surface area contributed by atoms with Crippen LogP contribution in [0.1, 0.15) is 78.5 Å². The standard InChI is InChI=1S/C41H48F2N8O4/c1-2-31-33(43)8-5-25-15-28(52)17-36(37(25)31)47-14-9-32-35(23-47)44-40(54-24-41-10-3-12-50(41)19-26(42)18-41)45-38(32)48-11-4-13-51-27(20-48)16-34(46-51)39(53)49-21-29-6-7-30(22-49)55-29/h5,8,15-17,26,29-30,52H,2-4,6-7,9-14,18-24H2,1H3/t26-,29?,30?,41+/m1/s1. The lowest BCUT2D eigenvalue weighted by atomic mass is 9.95. The molecule has 14 heteroatoms. The van der Waals surface area contributed by atoms with Gasteiger partial charge in [-0.05, 0) is 80.6 Å². The van der Waals surface area contributed by atoms with Gasteiger partial charge in [-0.2, -0.15) is 15.1 Å². The molecule has 4 atom stereocenters. The van der Waals surface area contributed by atoms with Gasteiger partial charge in [-0.25, -0.2) is 8.78 Å². The van der Waals surface area contributed by atoms with Gasteiger partial charge in [0.2, 0.25) is 0 Å². The lowest BCUT2D eigenvalue weighted by Gasteiger charge is -2.35. The van der Waals surface area contributed by atoms with Gasteiger partial charge < -0.3 is 29.3 Å². The van der Waals surface area contributed by atoms with E-state index in [1.54, 1.807) is 18.2 Å². The van der Waals surface area contributed by atoms with Crippen LogP contribution in [-0.4, -0.2) is 110 Å². The average Bonchev–Trinajstić information content (AvgIpc) is 3.91. The Morgan fingerprint density at radius 3 is 2.71 bits per heavy atom. The number of halogens is 2. The molecule has 55 heavy (non-hydrogen) atoms. The van der Waals surface area contributed by atoms with Crippen molar-refractivity contribution in [1.82, 2.24) is 29.5 Å². The minimum Gasteiger partial charge on any atom is -0.508 e. The first-order valence-electron chi connectivity index (χ1n) is 20.1. The molecule has 0 radical (unpaired) electrons. The maximum Gasteiger partial charge on any atom is 0.318 e. The number of aromatic hydroxyl groups is 1. The summed E-state index contributed by atoms with van der Waals surface area (Å²) >= 11 is 0. The maximum atomic E-state index is 15.2. The highest BCUT2D eigenvalue weighted by Crippen LogP contribution is 2.42. The Labute approximate surface area is 319 Å². The molecule has 4 aromatic rings. The van der Waals surface area contributed by atoms with Gasteiger partial charge in [0.25, 0.3) is 5.91 Å². The number of phenolic OH excluding ortho intramolecular Hbond substituents is 1. The van der Waals surface area contributed by atoms with E-state index in [-0.39, 0.29) is 41.2 Å². The van der Waals surface area contributed by atoms with Crippen molar-refractivity contribution in [2.24, 2.45) is 0 Å². The monoisotopic (exact) mass is 754 g/mol. The number of aryl methyl sites for hydroxylation is 2. The SMILES string of the molecule is CCc1c(F)ccc2cc(O)cc(N3CCc4c(nc(OC[C@@]56CCCN5C[C@H](F)C6)nc4N4CCCn5nc(C(=O)N6CC7CCC(C6)O7)cc5C4)C3)c12. The number of phenols is 1. The molecular weight excluding hydrogens is 706 g/mol. The summed E-state index contributed by atoms with van der Waals surface area (Å²) in [5.74, 6) is 0.613. The molecule has 8 heterocycles. The average molecular weight is 755 g/mol. The normalized spacial score (nSPS) is 26.3. The van der Waals surface area contributed by atoms with Crippen molar-refractivity contribution < 1.29 is 28.2 Å². The van der Waals surface area contributed by atoms with E-state index < -0.39 is 6.17 Å². The zero-order valence-electron chi connectivity index (χ0n) is 31.4. The van der Waals surface area contributed by atoms with Crippen LogP contribution in [0.4, 0.5) is 20.3 Å². The Balaban J connectivity index is 0.988. The lowest BCUT2D eigenvalue weighted by Crippen LogP contribution is -2.46. The summed E-state index contributed by atoms with van der Waals surface area (Å²) in [6.07, 6.45) is 5.62. The number of morpholine rings is 1. The second kappa shape index (κ2) is 13.6. The Kier molecular flexibility index (Phi) is 8.61. The van der Waals surface area contributed by atoms with Crippen LogP contribution < -0.4 is 14.5 Å². The van der Waals surface area contributed by atoms with Crippen LogP contribution in [0.3, 0.4) is 0 Å². The van der Waals surface area contributed by atoms with Crippen LogP contribution in [-0.2, 0) is 37.2 Å². The van der Waals surface area contributed by atoms with Gasteiger partial charge in [-0.1, -0.05) is 13.0 Å². The Hall–Kier alpha value is -4.56. The minimum absolute atomic E-state index is 0.0455. The summed E-state index contributed by atoms with van der Waals surface area (Å²) in [7, 11) is 0. The molecule has 2 aromatic heterocycles. The van der Waals surface area contributed by atoms with Crippen molar-refractivity contribution in [1.29, 1.82) is 0 Å². The Bertz CT molecular complexity index is 2150. The second-order valence-corrected chi connectivity index (χ2v) is 16.4. The van der Waals surface area contributed by atoms with Gasteiger partial charge >= 0.3 is 6.01 Å². The molecule has 290 valence electrons. The number of rotatable bonds is 7. The van der Waals surface area contributed by atoms with Crippen LogP contribution in [0.2, 0.25) is 0 Å². The molecule has 2 aromatic carbocycles. The van der Waals surface area contributed by atoms with Gasteiger partial charge in [-0.15, -0.1) is 0 Å². The molecule has 0 spiro atoms. The van der Waals surface area contributed by atoms with Crippen molar-refractivity contribution in [3.63, 3.8) is 0 Å². The molecule has 10 rings (SSSR count). The Morgan fingerprint density at radius 2 is 1.87 bits per heavy atom. The molecule has 1 amide bonds. The van der Waals surface area contributed by atoms with Gasteiger partial charge in [0.05, 0.1) is 42.2 Å². The first-order valence-corrected chi connectivity index (χ1v) is 20.1. The van der Waals surface area contributed by atoms with E-state index in [0.29, 0.717) is 82.9 Å². The third-order valence-electron chi connectivity index (χ3n) is 12.9. The van der Waals surface area contributed by atoms with Crippen LogP contribution in [0.5, 0.6) is 11.8 Å². The van der Waals surface area contributed by atoms with E-state index in [4.69, 9.17) is 24.5 Å². The van der Waals surface area contributed by atoms with E-state index in [9.17, 15) is 14.3 Å². The molecule has 4 saturated heterocycles. The lowest BCUT2D eigenvalue weighted by molar-refractivity contribution is -0.0305. The van der Waals surface area contributed by atoms with Crippen molar-refractivity contribution in [2.75, 3.05) is 55.7 Å². The smallest absolute Gasteiger partial charge is 0.318 e. The molecule has 6 aliphatic heterocycles. The number of alkyl halides is 1. The van der Waals surface area contributed by atoms with Gasteiger partial charge in [0.1, 0.15) is 30.2 Å². The van der Waals surface area contributed by atoms with E-state index in [0.717, 1.165) is 84.4 Å². The fourth-order valence-electron chi connectivity index (χ4n) is 10.3. The highest BCUT2D eigenvalue weighted by Gasteiger charge is 2.49. The van der Waals surface area contributed by atoms with Crippen molar-refractivity contribution >= 4 is 28.2 Å². The molecule has 0 aliphatic carbocycles. The summed E-state index contributed by atoms with van der Waals surface area (Å²) in [6.45, 7) is 7.72. The number of hydrogen-bond acceptors (Lipinski definition) is 10. The largest absolute Gasteiger partial charge is 0.508 e. The van der Waals surface area contributed by atoms with Crippen LogP contribution in [0.15, 0.2) is 30.3 Å². The molecule has 6 aliphatic rings. The van der Waals surface area contributed by atoms with Gasteiger partial charge in [0, 0.05) is 68.4 Å². The van der Waals surface area contributed by atoms with Crippen molar-refractivity contribution in [3.05, 3.63) is 64.4 Å². The molecule has 2 bridgehead atoms. The third-order valence-corrected chi connectivity index (χ3v) is 12.9. The molecule has 12 nitrogen and oxygen atoms in total. The predicted octanol–water partition coefficient (Wildman–Crippen LogP) is 5.17. The quantitative estimate of drug-likeness (QED) is 0.272. The second-order valence-electron chi connectivity index (χ2n) is 16.4. The zero-order chi connectivity index (χ0) is 37.4. The zero-order valence-corrected chi connectivity index (χ0v) is 31.4. The first kappa shape index (κ1) is 34.9. The summed E-state index contributed by atoms with van der Waals surface area (Å²) in [5, 5.41) is 17.2. The van der Waals surface area contributed by atoms with E-state index >= 15 is 4.39 Å². The van der Waals surface area contributed by atoms with E-state index in [1.807, 2.05) is 22.6 Å². The molecule has 4 fully saturated rings. The number of fused-ring (bicyclic) bond motifs is 6. The Morgan fingerprint density at radius 1 is 1.02 bits per heavy atom. The first-order chi connectivity index (χ1) is 26.7.